The summed E-state index contributed by atoms with van der Waals surface area (Å²) in [5.41, 5.74) is 0. The molecule has 0 radical (unpaired) electrons. The van der Waals surface area contributed by atoms with Gasteiger partial charge in [0.1, 0.15) is 5.82 Å². The maximum Gasteiger partial charge on any atom is 0.224 e. The van der Waals surface area contributed by atoms with E-state index in [1.54, 1.807) is 6.20 Å². The Hall–Kier alpha value is -0.880. The highest BCUT2D eigenvalue weighted by atomic mass is 79.9. The Kier molecular flexibility index (Phi) is 5.19. The molecule has 1 aliphatic rings. The third-order valence-corrected chi connectivity index (χ3v) is 3.25. The van der Waals surface area contributed by atoms with Gasteiger partial charge in [0.05, 0.1) is 11.1 Å². The molecule has 0 amide bonds. The summed E-state index contributed by atoms with van der Waals surface area (Å²) >= 11 is 3.43. The van der Waals surface area contributed by atoms with Crippen LogP contribution >= 0.6 is 15.9 Å². The lowest BCUT2D eigenvalue weighted by Crippen LogP contribution is -2.13. The van der Waals surface area contributed by atoms with Crippen molar-refractivity contribution in [1.29, 1.82) is 0 Å². The zero-order valence-corrected chi connectivity index (χ0v) is 12.2. The zero-order valence-electron chi connectivity index (χ0n) is 10.6. The van der Waals surface area contributed by atoms with Crippen molar-refractivity contribution in [1.82, 2.24) is 9.97 Å². The molecule has 1 fully saturated rings. The number of hydrogen-bond donors (Lipinski definition) is 2. The first-order chi connectivity index (χ1) is 8.79. The predicted octanol–water partition coefficient (Wildman–Crippen LogP) is 2.51. The fraction of sp³-hybridized carbons (Fsp3) is 0.667. The van der Waals surface area contributed by atoms with E-state index in [0.29, 0.717) is 12.6 Å². The van der Waals surface area contributed by atoms with Crippen LogP contribution in [0.3, 0.4) is 0 Å². The van der Waals surface area contributed by atoms with E-state index >= 15 is 0 Å². The summed E-state index contributed by atoms with van der Waals surface area (Å²) in [5, 5.41) is 6.33. The zero-order chi connectivity index (χ0) is 12.8. The Morgan fingerprint density at radius 1 is 1.44 bits per heavy atom. The highest BCUT2D eigenvalue weighted by Gasteiger charge is 2.20. The van der Waals surface area contributed by atoms with Crippen LogP contribution in [0.15, 0.2) is 10.7 Å². The van der Waals surface area contributed by atoms with E-state index < -0.39 is 0 Å². The molecule has 0 spiro atoms. The molecule has 5 nitrogen and oxygen atoms in total. The van der Waals surface area contributed by atoms with E-state index in [4.69, 9.17) is 4.74 Å². The molecule has 100 valence electrons. The minimum Gasteiger partial charge on any atom is -0.379 e. The molecule has 1 saturated carbocycles. The third-order valence-electron chi connectivity index (χ3n) is 2.67. The van der Waals surface area contributed by atoms with E-state index in [1.807, 2.05) is 6.92 Å². The van der Waals surface area contributed by atoms with E-state index in [2.05, 4.69) is 36.5 Å². The fourth-order valence-corrected chi connectivity index (χ4v) is 1.84. The second-order valence-electron chi connectivity index (χ2n) is 4.37. The number of halogens is 1. The summed E-state index contributed by atoms with van der Waals surface area (Å²) in [4.78, 5) is 8.54. The van der Waals surface area contributed by atoms with Crippen molar-refractivity contribution in [2.75, 3.05) is 36.9 Å². The van der Waals surface area contributed by atoms with Crippen LogP contribution in [0.4, 0.5) is 11.8 Å². The van der Waals surface area contributed by atoms with Crippen LogP contribution < -0.4 is 10.6 Å². The average molecular weight is 315 g/mol. The predicted molar refractivity (Wildman–Crippen MR) is 75.9 cm³/mol. The van der Waals surface area contributed by atoms with Gasteiger partial charge in [-0.25, -0.2) is 4.98 Å². The van der Waals surface area contributed by atoms with Crippen molar-refractivity contribution >= 4 is 27.7 Å². The number of aromatic nitrogens is 2. The number of rotatable bonds is 8. The molecule has 0 aliphatic heterocycles. The molecule has 0 aromatic carbocycles. The van der Waals surface area contributed by atoms with Gasteiger partial charge < -0.3 is 15.4 Å². The highest BCUT2D eigenvalue weighted by molar-refractivity contribution is 9.10. The number of hydrogen-bond acceptors (Lipinski definition) is 5. The van der Waals surface area contributed by atoms with E-state index in [9.17, 15) is 0 Å². The summed E-state index contributed by atoms with van der Waals surface area (Å²) in [7, 11) is 0. The molecular formula is C12H19BrN4O. The van der Waals surface area contributed by atoms with Gasteiger partial charge in [0.25, 0.3) is 0 Å². The van der Waals surface area contributed by atoms with Gasteiger partial charge >= 0.3 is 0 Å². The van der Waals surface area contributed by atoms with Crippen LogP contribution in [0.5, 0.6) is 0 Å². The molecule has 1 aromatic heterocycles. The SMILES string of the molecule is CCNc1ncc(Br)c(NCCOCC2CC2)n1. The topological polar surface area (TPSA) is 59.1 Å². The third kappa shape index (κ3) is 4.42. The molecule has 6 heteroatoms. The van der Waals surface area contributed by atoms with Crippen LogP contribution in [0.1, 0.15) is 19.8 Å². The fourth-order valence-electron chi connectivity index (χ4n) is 1.51. The number of anilines is 2. The Bertz CT molecular complexity index is 384. The van der Waals surface area contributed by atoms with Crippen LogP contribution in [0, 0.1) is 5.92 Å². The van der Waals surface area contributed by atoms with Gasteiger partial charge in [0.15, 0.2) is 0 Å². The van der Waals surface area contributed by atoms with Gasteiger partial charge in [-0.15, -0.1) is 0 Å². The van der Waals surface area contributed by atoms with Crippen molar-refractivity contribution in [3.63, 3.8) is 0 Å². The molecule has 0 unspecified atom stereocenters. The highest BCUT2D eigenvalue weighted by Crippen LogP contribution is 2.28. The van der Waals surface area contributed by atoms with Crippen molar-refractivity contribution in [3.05, 3.63) is 10.7 Å². The van der Waals surface area contributed by atoms with Crippen LogP contribution in [0.25, 0.3) is 0 Å². The summed E-state index contributed by atoms with van der Waals surface area (Å²) in [5.74, 6) is 2.26. The number of ether oxygens (including phenoxy) is 1. The molecule has 1 aromatic rings. The minimum atomic E-state index is 0.641. The summed E-state index contributed by atoms with van der Waals surface area (Å²) in [6.07, 6.45) is 4.41. The molecule has 2 N–H and O–H groups in total. The van der Waals surface area contributed by atoms with Gasteiger partial charge in [-0.2, -0.15) is 4.98 Å². The smallest absolute Gasteiger partial charge is 0.224 e. The second kappa shape index (κ2) is 6.89. The second-order valence-corrected chi connectivity index (χ2v) is 5.22. The first kappa shape index (κ1) is 13.5. The average Bonchev–Trinajstić information content (AvgIpc) is 3.17. The quantitative estimate of drug-likeness (QED) is 0.722. The Balaban J connectivity index is 1.73. The first-order valence-corrected chi connectivity index (χ1v) is 7.17. The molecule has 0 atom stereocenters. The van der Waals surface area contributed by atoms with Crippen molar-refractivity contribution in [2.24, 2.45) is 5.92 Å². The summed E-state index contributed by atoms with van der Waals surface area (Å²) in [6.45, 7) is 5.20. The van der Waals surface area contributed by atoms with Crippen LogP contribution in [-0.4, -0.2) is 36.3 Å². The van der Waals surface area contributed by atoms with E-state index in [-0.39, 0.29) is 0 Å². The number of nitrogens with one attached hydrogen (secondary N) is 2. The molecule has 0 saturated heterocycles. The lowest BCUT2D eigenvalue weighted by Gasteiger charge is -2.09. The monoisotopic (exact) mass is 314 g/mol. The van der Waals surface area contributed by atoms with Gasteiger partial charge in [0, 0.05) is 25.9 Å². The molecule has 18 heavy (non-hydrogen) atoms. The molecule has 1 aliphatic carbocycles. The first-order valence-electron chi connectivity index (χ1n) is 6.37. The molecular weight excluding hydrogens is 296 g/mol. The van der Waals surface area contributed by atoms with Crippen molar-refractivity contribution < 1.29 is 4.74 Å². The van der Waals surface area contributed by atoms with Crippen LogP contribution in [-0.2, 0) is 4.74 Å². The maximum absolute atomic E-state index is 5.56. The largest absolute Gasteiger partial charge is 0.379 e. The van der Waals surface area contributed by atoms with E-state index in [0.717, 1.165) is 35.9 Å². The Labute approximate surface area is 116 Å². The minimum absolute atomic E-state index is 0.641. The van der Waals surface area contributed by atoms with Crippen molar-refractivity contribution in [3.8, 4) is 0 Å². The van der Waals surface area contributed by atoms with E-state index in [1.165, 1.54) is 12.8 Å². The number of nitrogens with zero attached hydrogens (tertiary/aromatic N) is 2. The van der Waals surface area contributed by atoms with Gasteiger partial charge in [-0.1, -0.05) is 0 Å². The lowest BCUT2D eigenvalue weighted by atomic mass is 10.5. The Morgan fingerprint density at radius 2 is 2.28 bits per heavy atom. The van der Waals surface area contributed by atoms with Crippen molar-refractivity contribution in [2.45, 2.75) is 19.8 Å². The van der Waals surface area contributed by atoms with Gasteiger partial charge in [0.2, 0.25) is 5.95 Å². The Morgan fingerprint density at radius 3 is 3.00 bits per heavy atom. The molecule has 2 rings (SSSR count). The summed E-state index contributed by atoms with van der Waals surface area (Å²) < 4.78 is 6.43. The normalized spacial score (nSPS) is 14.6. The molecule has 0 bridgehead atoms. The molecule has 1 heterocycles. The van der Waals surface area contributed by atoms with Crippen LogP contribution in [0.2, 0.25) is 0 Å². The van der Waals surface area contributed by atoms with Gasteiger partial charge in [-0.05, 0) is 41.6 Å². The standard InChI is InChI=1S/C12H19BrN4O/c1-2-14-12-16-7-10(13)11(17-12)15-5-6-18-8-9-3-4-9/h7,9H,2-6,8H2,1H3,(H2,14,15,16,17). The summed E-state index contributed by atoms with van der Waals surface area (Å²) in [6, 6.07) is 0. The van der Waals surface area contributed by atoms with Gasteiger partial charge in [-0.3, -0.25) is 0 Å². The maximum atomic E-state index is 5.56. The lowest BCUT2D eigenvalue weighted by molar-refractivity contribution is 0.134.